The van der Waals surface area contributed by atoms with Gasteiger partial charge in [-0.2, -0.15) is 0 Å². The van der Waals surface area contributed by atoms with Crippen molar-refractivity contribution in [3.05, 3.63) is 52.8 Å². The van der Waals surface area contributed by atoms with Crippen LogP contribution in [0.5, 0.6) is 5.75 Å². The van der Waals surface area contributed by atoms with Gasteiger partial charge in [0.15, 0.2) is 5.78 Å². The van der Waals surface area contributed by atoms with Crippen molar-refractivity contribution in [1.82, 2.24) is 4.90 Å². The summed E-state index contributed by atoms with van der Waals surface area (Å²) in [6, 6.07) is 9.30. The number of carbonyl (C=O) groups is 2. The van der Waals surface area contributed by atoms with Crippen molar-refractivity contribution < 1.29 is 18.7 Å². The fraction of sp³-hybridized carbons (Fsp3) is 0.364. The van der Waals surface area contributed by atoms with Gasteiger partial charge in [0, 0.05) is 37.4 Å². The van der Waals surface area contributed by atoms with E-state index in [-0.39, 0.29) is 17.7 Å². The van der Waals surface area contributed by atoms with Gasteiger partial charge in [-0.05, 0) is 50.2 Å². The molecular formula is C22H25ClFN3O3. The number of nitrogens with one attached hydrogen (secondary N) is 1. The minimum absolute atomic E-state index is 0.137. The molecule has 1 heterocycles. The van der Waals surface area contributed by atoms with Crippen LogP contribution >= 0.6 is 11.6 Å². The van der Waals surface area contributed by atoms with Gasteiger partial charge < -0.3 is 15.0 Å². The Hall–Kier alpha value is -2.64. The number of carbonyl (C=O) groups excluding carboxylic acids is 2. The van der Waals surface area contributed by atoms with E-state index in [1.807, 2.05) is 11.8 Å². The molecule has 0 spiro atoms. The zero-order chi connectivity index (χ0) is 21.8. The van der Waals surface area contributed by atoms with Gasteiger partial charge in [-0.25, -0.2) is 4.39 Å². The number of methoxy groups -OCH3 is 1. The number of amides is 1. The Bertz CT molecular complexity index is 945. The van der Waals surface area contributed by atoms with Crippen molar-refractivity contribution >= 4 is 34.7 Å². The summed E-state index contributed by atoms with van der Waals surface area (Å²) in [5.74, 6) is -0.161. The molecule has 1 fully saturated rings. The lowest BCUT2D eigenvalue weighted by atomic mass is 10.1. The molecule has 1 amide bonds. The zero-order valence-corrected chi connectivity index (χ0v) is 18.0. The van der Waals surface area contributed by atoms with Crippen molar-refractivity contribution in [2.45, 2.75) is 19.9 Å². The van der Waals surface area contributed by atoms with E-state index >= 15 is 0 Å². The van der Waals surface area contributed by atoms with Crippen LogP contribution in [0.3, 0.4) is 0 Å². The van der Waals surface area contributed by atoms with E-state index < -0.39 is 5.82 Å². The van der Waals surface area contributed by atoms with Gasteiger partial charge in [0.05, 0.1) is 23.9 Å². The number of ether oxygens (including phenoxy) is 1. The average molecular weight is 434 g/mol. The van der Waals surface area contributed by atoms with Gasteiger partial charge in [-0.3, -0.25) is 14.5 Å². The fourth-order valence-corrected chi connectivity index (χ4v) is 3.75. The number of nitrogens with zero attached hydrogens (tertiary/aromatic N) is 2. The molecule has 2 aromatic rings. The highest BCUT2D eigenvalue weighted by molar-refractivity contribution is 6.32. The van der Waals surface area contributed by atoms with Crippen molar-refractivity contribution in [1.29, 1.82) is 0 Å². The first-order valence-electron chi connectivity index (χ1n) is 9.74. The van der Waals surface area contributed by atoms with Gasteiger partial charge in [0.25, 0.3) is 0 Å². The Balaban J connectivity index is 1.58. The lowest BCUT2D eigenvalue weighted by Crippen LogP contribution is -2.53. The highest BCUT2D eigenvalue weighted by atomic mass is 35.5. The van der Waals surface area contributed by atoms with Crippen LogP contribution in [-0.2, 0) is 4.79 Å². The Morgan fingerprint density at radius 1 is 1.13 bits per heavy atom. The second kappa shape index (κ2) is 9.45. The van der Waals surface area contributed by atoms with Crippen LogP contribution in [0.15, 0.2) is 36.4 Å². The van der Waals surface area contributed by atoms with Crippen LogP contribution in [0.1, 0.15) is 24.2 Å². The van der Waals surface area contributed by atoms with E-state index in [9.17, 15) is 14.0 Å². The molecule has 1 aliphatic heterocycles. The Labute approximate surface area is 180 Å². The summed E-state index contributed by atoms with van der Waals surface area (Å²) >= 11 is 6.11. The molecule has 8 heteroatoms. The molecule has 1 atom stereocenters. The van der Waals surface area contributed by atoms with E-state index in [0.717, 1.165) is 0 Å². The fourth-order valence-electron chi connectivity index (χ4n) is 3.49. The number of rotatable bonds is 6. The Morgan fingerprint density at radius 2 is 1.83 bits per heavy atom. The molecule has 2 aromatic carbocycles. The third kappa shape index (κ3) is 4.91. The third-order valence-corrected chi connectivity index (χ3v) is 5.65. The number of benzene rings is 2. The topological polar surface area (TPSA) is 61.9 Å². The Morgan fingerprint density at radius 3 is 2.40 bits per heavy atom. The number of Topliss-reactive ketones (excluding diaryl/α,β-unsaturated/α-hetero) is 1. The second-order valence-corrected chi connectivity index (χ2v) is 7.67. The summed E-state index contributed by atoms with van der Waals surface area (Å²) in [4.78, 5) is 28.1. The van der Waals surface area contributed by atoms with Crippen LogP contribution in [0.4, 0.5) is 15.8 Å². The van der Waals surface area contributed by atoms with Crippen molar-refractivity contribution in [3.63, 3.8) is 0 Å². The molecule has 0 aliphatic carbocycles. The van der Waals surface area contributed by atoms with Gasteiger partial charge >= 0.3 is 0 Å². The molecule has 1 aliphatic rings. The standard InChI is InChI=1S/C22H25ClFN3O3/c1-14(22(29)25-17-5-7-21(30-3)18(23)13-17)26-8-10-27(11-9-26)20-6-4-16(15(2)28)12-19(20)24/h4-7,12-14H,8-11H2,1-3H3,(H,25,29). The number of piperazine rings is 1. The third-order valence-electron chi connectivity index (χ3n) is 5.36. The highest BCUT2D eigenvalue weighted by Crippen LogP contribution is 2.27. The lowest BCUT2D eigenvalue weighted by Gasteiger charge is -2.38. The van der Waals surface area contributed by atoms with Crippen LogP contribution < -0.4 is 15.0 Å². The highest BCUT2D eigenvalue weighted by Gasteiger charge is 2.27. The predicted octanol–water partition coefficient (Wildman–Crippen LogP) is 3.84. The minimum Gasteiger partial charge on any atom is -0.495 e. The first-order chi connectivity index (χ1) is 14.3. The van der Waals surface area contributed by atoms with Crippen molar-refractivity contribution in [2.24, 2.45) is 0 Å². The quantitative estimate of drug-likeness (QED) is 0.701. The van der Waals surface area contributed by atoms with Crippen molar-refractivity contribution in [2.75, 3.05) is 43.5 Å². The first kappa shape index (κ1) is 22.1. The average Bonchev–Trinajstić information content (AvgIpc) is 2.73. The SMILES string of the molecule is COc1ccc(NC(=O)C(C)N2CCN(c3ccc(C(C)=O)cc3F)CC2)cc1Cl. The zero-order valence-electron chi connectivity index (χ0n) is 17.2. The van der Waals surface area contributed by atoms with E-state index in [1.54, 1.807) is 30.3 Å². The van der Waals surface area contributed by atoms with Gasteiger partial charge in [-0.1, -0.05) is 11.6 Å². The number of anilines is 2. The molecule has 1 N–H and O–H groups in total. The van der Waals surface area contributed by atoms with Gasteiger partial charge in [0.2, 0.25) is 5.91 Å². The maximum absolute atomic E-state index is 14.4. The molecule has 160 valence electrons. The number of hydrogen-bond donors (Lipinski definition) is 1. The summed E-state index contributed by atoms with van der Waals surface area (Å²) in [5, 5.41) is 3.30. The number of hydrogen-bond acceptors (Lipinski definition) is 5. The van der Waals surface area contributed by atoms with E-state index in [0.29, 0.717) is 53.9 Å². The molecular weight excluding hydrogens is 409 g/mol. The smallest absolute Gasteiger partial charge is 0.241 e. The molecule has 0 aromatic heterocycles. The molecule has 1 saturated heterocycles. The van der Waals surface area contributed by atoms with E-state index in [2.05, 4.69) is 10.2 Å². The van der Waals surface area contributed by atoms with Crippen molar-refractivity contribution in [3.8, 4) is 5.75 Å². The summed E-state index contributed by atoms with van der Waals surface area (Å²) in [7, 11) is 1.53. The summed E-state index contributed by atoms with van der Waals surface area (Å²) in [6.07, 6.45) is 0. The van der Waals surface area contributed by atoms with E-state index in [1.165, 1.54) is 20.1 Å². The summed E-state index contributed by atoms with van der Waals surface area (Å²) in [5.41, 5.74) is 1.44. The summed E-state index contributed by atoms with van der Waals surface area (Å²) in [6.45, 7) is 5.67. The molecule has 3 rings (SSSR count). The second-order valence-electron chi connectivity index (χ2n) is 7.26. The van der Waals surface area contributed by atoms with Crippen LogP contribution in [-0.4, -0.2) is 55.9 Å². The molecule has 0 saturated carbocycles. The Kier molecular flexibility index (Phi) is 6.95. The number of halogens is 2. The minimum atomic E-state index is -0.404. The maximum atomic E-state index is 14.4. The largest absolute Gasteiger partial charge is 0.495 e. The number of ketones is 1. The van der Waals surface area contributed by atoms with Crippen LogP contribution in [0.2, 0.25) is 5.02 Å². The monoisotopic (exact) mass is 433 g/mol. The molecule has 30 heavy (non-hydrogen) atoms. The van der Waals surface area contributed by atoms with Crippen LogP contribution in [0.25, 0.3) is 0 Å². The van der Waals surface area contributed by atoms with E-state index in [4.69, 9.17) is 16.3 Å². The molecule has 6 nitrogen and oxygen atoms in total. The molecule has 0 radical (unpaired) electrons. The van der Waals surface area contributed by atoms with Crippen LogP contribution in [0, 0.1) is 5.82 Å². The maximum Gasteiger partial charge on any atom is 0.241 e. The first-order valence-corrected chi connectivity index (χ1v) is 10.1. The predicted molar refractivity (Wildman–Crippen MR) is 116 cm³/mol. The lowest BCUT2D eigenvalue weighted by molar-refractivity contribution is -0.120. The van der Waals surface area contributed by atoms with Gasteiger partial charge in [0.1, 0.15) is 11.6 Å². The molecule has 1 unspecified atom stereocenters. The normalized spacial score (nSPS) is 15.6. The molecule has 0 bridgehead atoms. The van der Waals surface area contributed by atoms with Gasteiger partial charge in [-0.15, -0.1) is 0 Å². The summed E-state index contributed by atoms with van der Waals surface area (Å²) < 4.78 is 19.5.